The standard InChI is InChI=1S/C14H18F2O/c15-13-7-3-6-11(14(13)16)8-12(9-17)10-4-1-2-5-10/h3,6-7,10,12,17H,1-2,4-5,8-9H2. The Hall–Kier alpha value is -0.960. The average Bonchev–Trinajstić information content (AvgIpc) is 2.85. The molecule has 0 aliphatic heterocycles. The molecule has 1 aliphatic carbocycles. The van der Waals surface area contributed by atoms with Crippen LogP contribution in [0.1, 0.15) is 31.2 Å². The summed E-state index contributed by atoms with van der Waals surface area (Å²) in [5.41, 5.74) is 0.385. The maximum atomic E-state index is 13.5. The van der Waals surface area contributed by atoms with Crippen molar-refractivity contribution in [1.29, 1.82) is 0 Å². The summed E-state index contributed by atoms with van der Waals surface area (Å²) >= 11 is 0. The van der Waals surface area contributed by atoms with Crippen LogP contribution in [0.25, 0.3) is 0 Å². The van der Waals surface area contributed by atoms with Crippen LogP contribution < -0.4 is 0 Å². The molecule has 0 spiro atoms. The fraction of sp³-hybridized carbons (Fsp3) is 0.571. The molecule has 0 amide bonds. The monoisotopic (exact) mass is 240 g/mol. The zero-order valence-electron chi connectivity index (χ0n) is 9.83. The summed E-state index contributed by atoms with van der Waals surface area (Å²) in [6.45, 7) is 0.0562. The lowest BCUT2D eigenvalue weighted by Crippen LogP contribution is -2.19. The number of rotatable bonds is 4. The van der Waals surface area contributed by atoms with Crippen molar-refractivity contribution in [3.8, 4) is 0 Å². The Bertz CT molecular complexity index is 372. The van der Waals surface area contributed by atoms with Crippen LogP contribution in [0.4, 0.5) is 8.78 Å². The first-order chi connectivity index (χ1) is 8.22. The predicted octanol–water partition coefficient (Wildman–Crippen LogP) is 3.31. The zero-order valence-corrected chi connectivity index (χ0v) is 9.83. The maximum absolute atomic E-state index is 13.5. The van der Waals surface area contributed by atoms with Crippen molar-refractivity contribution in [2.45, 2.75) is 32.1 Å². The Balaban J connectivity index is 2.09. The van der Waals surface area contributed by atoms with E-state index in [4.69, 9.17) is 0 Å². The first-order valence-corrected chi connectivity index (χ1v) is 6.26. The van der Waals surface area contributed by atoms with Gasteiger partial charge in [-0.15, -0.1) is 0 Å². The van der Waals surface area contributed by atoms with Crippen LogP contribution in [0.15, 0.2) is 18.2 Å². The molecule has 1 unspecified atom stereocenters. The lowest BCUT2D eigenvalue weighted by atomic mass is 9.86. The number of hydrogen-bond acceptors (Lipinski definition) is 1. The van der Waals surface area contributed by atoms with E-state index in [1.165, 1.54) is 18.9 Å². The zero-order chi connectivity index (χ0) is 12.3. The summed E-state index contributed by atoms with van der Waals surface area (Å²) in [7, 11) is 0. The highest BCUT2D eigenvalue weighted by molar-refractivity contribution is 5.19. The van der Waals surface area contributed by atoms with Crippen LogP contribution in [0.2, 0.25) is 0 Å². The van der Waals surface area contributed by atoms with Gasteiger partial charge in [0.2, 0.25) is 0 Å². The normalized spacial score (nSPS) is 18.5. The van der Waals surface area contributed by atoms with Gasteiger partial charge < -0.3 is 5.11 Å². The maximum Gasteiger partial charge on any atom is 0.162 e. The van der Waals surface area contributed by atoms with Crippen molar-refractivity contribution in [2.75, 3.05) is 6.61 Å². The molecule has 1 N–H and O–H groups in total. The molecule has 0 heterocycles. The van der Waals surface area contributed by atoms with E-state index in [2.05, 4.69) is 0 Å². The molecule has 0 saturated heterocycles. The predicted molar refractivity (Wildman–Crippen MR) is 62.6 cm³/mol. The van der Waals surface area contributed by atoms with E-state index in [1.54, 1.807) is 6.07 Å². The quantitative estimate of drug-likeness (QED) is 0.856. The Kier molecular flexibility index (Phi) is 4.11. The van der Waals surface area contributed by atoms with Crippen LogP contribution in [0.3, 0.4) is 0 Å². The minimum atomic E-state index is -0.800. The Morgan fingerprint density at radius 2 is 1.94 bits per heavy atom. The van der Waals surface area contributed by atoms with E-state index in [1.807, 2.05) is 0 Å². The van der Waals surface area contributed by atoms with Gasteiger partial charge in [0, 0.05) is 6.61 Å². The molecule has 0 aromatic heterocycles. The van der Waals surface area contributed by atoms with Gasteiger partial charge in [-0.2, -0.15) is 0 Å². The van der Waals surface area contributed by atoms with Crippen molar-refractivity contribution < 1.29 is 13.9 Å². The third kappa shape index (κ3) is 2.83. The molecule has 3 heteroatoms. The molecule has 1 saturated carbocycles. The fourth-order valence-electron chi connectivity index (χ4n) is 2.80. The van der Waals surface area contributed by atoms with E-state index in [0.29, 0.717) is 17.9 Å². The molecule has 94 valence electrons. The number of aliphatic hydroxyl groups excluding tert-OH is 1. The second-order valence-corrected chi connectivity index (χ2v) is 4.90. The van der Waals surface area contributed by atoms with Crippen LogP contribution in [-0.4, -0.2) is 11.7 Å². The molecule has 2 rings (SSSR count). The van der Waals surface area contributed by atoms with Gasteiger partial charge >= 0.3 is 0 Å². The second kappa shape index (κ2) is 5.58. The highest BCUT2D eigenvalue weighted by atomic mass is 19.2. The summed E-state index contributed by atoms with van der Waals surface area (Å²) in [5.74, 6) is -1.04. The smallest absolute Gasteiger partial charge is 0.162 e. The second-order valence-electron chi connectivity index (χ2n) is 4.90. The van der Waals surface area contributed by atoms with Crippen LogP contribution in [0.5, 0.6) is 0 Å². The Labute approximate surface area is 100 Å². The topological polar surface area (TPSA) is 20.2 Å². The minimum absolute atomic E-state index is 0.0562. The number of aliphatic hydroxyl groups is 1. The molecule has 1 nitrogen and oxygen atoms in total. The molecule has 0 bridgehead atoms. The highest BCUT2D eigenvalue weighted by Crippen LogP contribution is 2.33. The van der Waals surface area contributed by atoms with Crippen LogP contribution >= 0.6 is 0 Å². The van der Waals surface area contributed by atoms with Gasteiger partial charge in [0.05, 0.1) is 0 Å². The molecular weight excluding hydrogens is 222 g/mol. The summed E-state index contributed by atoms with van der Waals surface area (Å²) in [5, 5.41) is 9.39. The summed E-state index contributed by atoms with van der Waals surface area (Å²) < 4.78 is 26.6. The van der Waals surface area contributed by atoms with Crippen molar-refractivity contribution >= 4 is 0 Å². The van der Waals surface area contributed by atoms with Crippen molar-refractivity contribution in [1.82, 2.24) is 0 Å². The van der Waals surface area contributed by atoms with Gasteiger partial charge in [-0.3, -0.25) is 0 Å². The van der Waals surface area contributed by atoms with Gasteiger partial charge in [0.1, 0.15) is 0 Å². The molecule has 1 aromatic carbocycles. The van der Waals surface area contributed by atoms with Gasteiger partial charge in [0.25, 0.3) is 0 Å². The molecule has 1 fully saturated rings. The number of halogens is 2. The summed E-state index contributed by atoms with van der Waals surface area (Å²) in [4.78, 5) is 0. The molecular formula is C14H18F2O. The van der Waals surface area contributed by atoms with E-state index < -0.39 is 11.6 Å². The van der Waals surface area contributed by atoms with Crippen LogP contribution in [-0.2, 0) is 6.42 Å². The van der Waals surface area contributed by atoms with E-state index in [-0.39, 0.29) is 12.5 Å². The van der Waals surface area contributed by atoms with Gasteiger partial charge in [-0.05, 0) is 29.9 Å². The van der Waals surface area contributed by atoms with Crippen molar-refractivity contribution in [3.05, 3.63) is 35.4 Å². The third-order valence-corrected chi connectivity index (χ3v) is 3.81. The third-order valence-electron chi connectivity index (χ3n) is 3.81. The van der Waals surface area contributed by atoms with E-state index in [0.717, 1.165) is 18.9 Å². The summed E-state index contributed by atoms with van der Waals surface area (Å²) in [6.07, 6.45) is 5.01. The first-order valence-electron chi connectivity index (χ1n) is 6.26. The molecule has 17 heavy (non-hydrogen) atoms. The fourth-order valence-corrected chi connectivity index (χ4v) is 2.80. The lowest BCUT2D eigenvalue weighted by molar-refractivity contribution is 0.174. The number of hydrogen-bond donors (Lipinski definition) is 1. The molecule has 0 radical (unpaired) electrons. The largest absolute Gasteiger partial charge is 0.396 e. The molecule has 1 aliphatic rings. The van der Waals surface area contributed by atoms with Crippen molar-refractivity contribution in [3.63, 3.8) is 0 Å². The average molecular weight is 240 g/mol. The number of benzene rings is 1. The minimum Gasteiger partial charge on any atom is -0.396 e. The van der Waals surface area contributed by atoms with E-state index in [9.17, 15) is 13.9 Å². The Morgan fingerprint density at radius 1 is 1.24 bits per heavy atom. The SMILES string of the molecule is OCC(Cc1cccc(F)c1F)C1CCCC1. The van der Waals surface area contributed by atoms with Gasteiger partial charge in [0.15, 0.2) is 11.6 Å². The Morgan fingerprint density at radius 3 is 2.59 bits per heavy atom. The van der Waals surface area contributed by atoms with Crippen LogP contribution in [0, 0.1) is 23.5 Å². The first kappa shape index (κ1) is 12.5. The molecule has 1 aromatic rings. The van der Waals surface area contributed by atoms with Gasteiger partial charge in [-0.25, -0.2) is 8.78 Å². The van der Waals surface area contributed by atoms with Crippen molar-refractivity contribution in [2.24, 2.45) is 11.8 Å². The van der Waals surface area contributed by atoms with Gasteiger partial charge in [-0.1, -0.05) is 37.8 Å². The summed E-state index contributed by atoms with van der Waals surface area (Å²) in [6, 6.07) is 4.26. The lowest BCUT2D eigenvalue weighted by Gasteiger charge is -2.21. The molecule has 1 atom stereocenters. The van der Waals surface area contributed by atoms with E-state index >= 15 is 0 Å². The highest BCUT2D eigenvalue weighted by Gasteiger charge is 2.25.